The highest BCUT2D eigenvalue weighted by Crippen LogP contribution is 2.61. The van der Waals surface area contributed by atoms with Crippen molar-refractivity contribution in [2.75, 3.05) is 5.75 Å². The van der Waals surface area contributed by atoms with Crippen LogP contribution in [0.4, 0.5) is 0 Å². The van der Waals surface area contributed by atoms with Gasteiger partial charge in [0.15, 0.2) is 0 Å². The van der Waals surface area contributed by atoms with E-state index in [0.717, 1.165) is 33.0 Å². The minimum Gasteiger partial charge on any atom is -0.352 e. The van der Waals surface area contributed by atoms with Crippen molar-refractivity contribution < 1.29 is 4.79 Å². The number of nitrogens with zero attached hydrogens (tertiary/aromatic N) is 1. The average Bonchev–Trinajstić information content (AvgIpc) is 3.42. The second-order valence-electron chi connectivity index (χ2n) is 10.4. The van der Waals surface area contributed by atoms with Gasteiger partial charge in [-0.05, 0) is 80.1 Å². The molecular formula is C25H29N3O2S3. The number of hydrogen-bond acceptors (Lipinski definition) is 6. The average molecular weight is 500 g/mol. The Morgan fingerprint density at radius 2 is 1.97 bits per heavy atom. The molecular weight excluding hydrogens is 470 g/mol. The number of carbonyl (C=O) groups excluding carboxylic acids is 1. The third-order valence-corrected chi connectivity index (χ3v) is 10.9. The van der Waals surface area contributed by atoms with Crippen LogP contribution in [0.25, 0.3) is 20.7 Å². The quantitative estimate of drug-likeness (QED) is 0.439. The first kappa shape index (κ1) is 21.9. The third kappa shape index (κ3) is 4.08. The normalized spacial score (nSPS) is 28.9. The lowest BCUT2D eigenvalue weighted by Crippen LogP contribution is -2.56. The van der Waals surface area contributed by atoms with Crippen LogP contribution in [-0.2, 0) is 10.5 Å². The molecule has 3 aromatic rings. The topological polar surface area (TPSA) is 74.8 Å². The van der Waals surface area contributed by atoms with Gasteiger partial charge >= 0.3 is 0 Å². The molecule has 174 valence electrons. The summed E-state index contributed by atoms with van der Waals surface area (Å²) >= 11 is 4.65. The largest absolute Gasteiger partial charge is 0.352 e. The molecule has 0 saturated heterocycles. The van der Waals surface area contributed by atoms with Crippen molar-refractivity contribution in [1.82, 2.24) is 15.3 Å². The number of carbonyl (C=O) groups is 1. The molecule has 7 rings (SSSR count). The van der Waals surface area contributed by atoms with Crippen molar-refractivity contribution in [3.05, 3.63) is 39.1 Å². The lowest BCUT2D eigenvalue weighted by Gasteiger charge is -2.59. The van der Waals surface area contributed by atoms with Gasteiger partial charge in [-0.1, -0.05) is 6.07 Å². The first-order valence-electron chi connectivity index (χ1n) is 11.9. The van der Waals surface area contributed by atoms with Crippen LogP contribution in [0.15, 0.2) is 27.7 Å². The molecule has 33 heavy (non-hydrogen) atoms. The van der Waals surface area contributed by atoms with Crippen molar-refractivity contribution in [1.29, 1.82) is 0 Å². The third-order valence-electron chi connectivity index (χ3n) is 8.13. The summed E-state index contributed by atoms with van der Waals surface area (Å²) in [5.41, 5.74) is 1.18. The number of fused-ring (bicyclic) bond motifs is 1. The van der Waals surface area contributed by atoms with Crippen LogP contribution in [0.2, 0.25) is 0 Å². The number of hydrogen-bond donors (Lipinski definition) is 2. The molecule has 4 aliphatic carbocycles. The molecule has 0 radical (unpaired) electrons. The van der Waals surface area contributed by atoms with Gasteiger partial charge in [0.1, 0.15) is 10.7 Å². The Balaban J connectivity index is 1.07. The maximum atomic E-state index is 12.8. The molecule has 0 spiro atoms. The first-order chi connectivity index (χ1) is 16.0. The van der Waals surface area contributed by atoms with E-state index in [2.05, 4.69) is 22.2 Å². The minimum absolute atomic E-state index is 0.0971. The van der Waals surface area contributed by atoms with E-state index in [-0.39, 0.29) is 17.5 Å². The zero-order valence-corrected chi connectivity index (χ0v) is 21.2. The summed E-state index contributed by atoms with van der Waals surface area (Å²) in [6.07, 6.45) is 8.16. The summed E-state index contributed by atoms with van der Waals surface area (Å²) in [7, 11) is 0. The van der Waals surface area contributed by atoms with Gasteiger partial charge < -0.3 is 10.3 Å². The lowest BCUT2D eigenvalue weighted by molar-refractivity contribution is -0.123. The number of amides is 1. The molecule has 3 aromatic heterocycles. The minimum atomic E-state index is -0.0971. The Bertz CT molecular complexity index is 1190. The smallest absolute Gasteiger partial charge is 0.260 e. The van der Waals surface area contributed by atoms with E-state index in [1.165, 1.54) is 61.6 Å². The number of nitrogens with one attached hydrogen (secondary N) is 2. The number of aromatic amines is 1. The number of H-pyrrole nitrogens is 1. The van der Waals surface area contributed by atoms with Crippen LogP contribution >= 0.6 is 34.4 Å². The second-order valence-corrected chi connectivity index (χ2v) is 13.2. The second kappa shape index (κ2) is 8.54. The molecule has 5 nitrogen and oxygen atoms in total. The Hall–Kier alpha value is -1.64. The molecule has 4 aliphatic rings. The van der Waals surface area contributed by atoms with Gasteiger partial charge in [0.05, 0.1) is 16.9 Å². The van der Waals surface area contributed by atoms with E-state index in [0.29, 0.717) is 28.1 Å². The Morgan fingerprint density at radius 3 is 2.64 bits per heavy atom. The van der Waals surface area contributed by atoms with E-state index >= 15 is 0 Å². The summed E-state index contributed by atoms with van der Waals surface area (Å²) in [5.74, 6) is 4.32. The maximum Gasteiger partial charge on any atom is 0.260 e. The Kier molecular flexibility index (Phi) is 5.66. The zero-order chi connectivity index (χ0) is 22.6. The van der Waals surface area contributed by atoms with Crippen molar-refractivity contribution in [2.45, 2.75) is 57.2 Å². The predicted molar refractivity (Wildman–Crippen MR) is 138 cm³/mol. The van der Waals surface area contributed by atoms with E-state index in [9.17, 15) is 9.59 Å². The van der Waals surface area contributed by atoms with Gasteiger partial charge in [-0.25, -0.2) is 4.98 Å². The lowest BCUT2D eigenvalue weighted by atomic mass is 9.48. The first-order valence-corrected chi connectivity index (χ1v) is 14.8. The van der Waals surface area contributed by atoms with Crippen molar-refractivity contribution >= 4 is 50.6 Å². The monoisotopic (exact) mass is 499 g/mol. The summed E-state index contributed by atoms with van der Waals surface area (Å²) in [5, 5.41) is 8.02. The molecule has 2 N–H and O–H groups in total. The molecule has 1 atom stereocenters. The Labute approximate surface area is 205 Å². The zero-order valence-electron chi connectivity index (χ0n) is 18.8. The van der Waals surface area contributed by atoms with Gasteiger partial charge in [-0.3, -0.25) is 9.59 Å². The molecule has 4 saturated carbocycles. The molecule has 4 fully saturated rings. The van der Waals surface area contributed by atoms with Crippen molar-refractivity contribution in [3.8, 4) is 10.4 Å². The van der Waals surface area contributed by atoms with E-state index in [1.54, 1.807) is 11.3 Å². The summed E-state index contributed by atoms with van der Waals surface area (Å²) in [6, 6.07) is 4.26. The van der Waals surface area contributed by atoms with Crippen LogP contribution in [0.1, 0.15) is 51.3 Å². The molecule has 3 heterocycles. The van der Waals surface area contributed by atoms with Crippen LogP contribution in [0.3, 0.4) is 0 Å². The van der Waals surface area contributed by atoms with Crippen molar-refractivity contribution in [2.24, 2.45) is 23.2 Å². The fraction of sp³-hybridized carbons (Fsp3) is 0.560. The molecule has 1 amide bonds. The van der Waals surface area contributed by atoms with Crippen LogP contribution < -0.4 is 10.9 Å². The van der Waals surface area contributed by atoms with Gasteiger partial charge in [0.2, 0.25) is 5.91 Å². The van der Waals surface area contributed by atoms with Gasteiger partial charge in [-0.2, -0.15) is 0 Å². The predicted octanol–water partition coefficient (Wildman–Crippen LogP) is 5.67. The summed E-state index contributed by atoms with van der Waals surface area (Å²) in [4.78, 5) is 34.9. The fourth-order valence-electron chi connectivity index (χ4n) is 7.06. The van der Waals surface area contributed by atoms with Crippen LogP contribution in [-0.4, -0.2) is 27.7 Å². The molecule has 8 heteroatoms. The van der Waals surface area contributed by atoms with Crippen LogP contribution in [0, 0.1) is 23.2 Å². The highest BCUT2D eigenvalue weighted by atomic mass is 32.2. The van der Waals surface area contributed by atoms with Gasteiger partial charge in [0, 0.05) is 21.9 Å². The molecule has 0 aromatic carbocycles. The van der Waals surface area contributed by atoms with Gasteiger partial charge in [-0.15, -0.1) is 34.4 Å². The standard InChI is InChI=1S/C25H29N3O2S3/c1-14(25-8-15-5-16(9-25)7-17(6-15)10-25)26-21(29)13-31-12-20-27-23(30)22-18(11-33-24(22)28-20)19-3-2-4-32-19/h2-4,11,14-17H,5-10,12-13H2,1H3,(H,26,29)(H,27,28,30)/t14-,15?,16?,17?,25?/m1/s1. The molecule has 4 bridgehead atoms. The number of thiophene rings is 2. The number of rotatable bonds is 7. The summed E-state index contributed by atoms with van der Waals surface area (Å²) in [6.45, 7) is 2.23. The molecule has 0 unspecified atom stereocenters. The Morgan fingerprint density at radius 1 is 1.24 bits per heavy atom. The maximum absolute atomic E-state index is 12.8. The fourth-order valence-corrected chi connectivity index (χ4v) is 9.54. The van der Waals surface area contributed by atoms with Crippen LogP contribution in [0.5, 0.6) is 0 Å². The van der Waals surface area contributed by atoms with Crippen molar-refractivity contribution in [3.63, 3.8) is 0 Å². The van der Waals surface area contributed by atoms with Gasteiger partial charge in [0.25, 0.3) is 5.56 Å². The highest BCUT2D eigenvalue weighted by Gasteiger charge is 2.53. The summed E-state index contributed by atoms with van der Waals surface area (Å²) < 4.78 is 0. The SMILES string of the molecule is C[C@@H](NC(=O)CSCc1nc2scc(-c3cccs3)c2c(=O)[nH]1)C12CC3CC(CC(C3)C1)C2. The molecule has 0 aliphatic heterocycles. The number of thioether (sulfide) groups is 1. The number of aromatic nitrogens is 2. The highest BCUT2D eigenvalue weighted by molar-refractivity contribution is 7.99. The van der Waals surface area contributed by atoms with E-state index in [1.807, 2.05) is 22.9 Å². The van der Waals surface area contributed by atoms with E-state index < -0.39 is 0 Å². The van der Waals surface area contributed by atoms with E-state index in [4.69, 9.17) is 0 Å².